The van der Waals surface area contributed by atoms with Crippen LogP contribution < -0.4 is 5.32 Å². The third kappa shape index (κ3) is 4.95. The molecular weight excluding hydrogens is 377 g/mol. The first kappa shape index (κ1) is 21.9. The van der Waals surface area contributed by atoms with E-state index in [0.29, 0.717) is 5.92 Å². The van der Waals surface area contributed by atoms with Crippen LogP contribution in [-0.4, -0.2) is 31.1 Å². The molecule has 2 nitrogen and oxygen atoms in total. The standard InChI is InChI=1S/C17H23ClF2N2.2ClH/c18-13-10-14(19)16(15(20)11-13)17(12-4-2-1-3-5-12)22-8-6-21-7-9-22;;/h10-12,17,21H,1-9H2;2*1H/t17-;;/m0../s1. The van der Waals surface area contributed by atoms with Crippen molar-refractivity contribution < 1.29 is 8.78 Å². The number of benzene rings is 1. The fraction of sp³-hybridized carbons (Fsp3) is 0.647. The van der Waals surface area contributed by atoms with E-state index in [9.17, 15) is 8.78 Å². The molecule has 1 aliphatic carbocycles. The first-order chi connectivity index (χ1) is 10.7. The summed E-state index contributed by atoms with van der Waals surface area (Å²) >= 11 is 5.79. The SMILES string of the molecule is Cl.Cl.Fc1cc(Cl)cc(F)c1[C@H](C1CCCCC1)N1CCNCC1. The molecule has 138 valence electrons. The first-order valence-corrected chi connectivity index (χ1v) is 8.64. The summed E-state index contributed by atoms with van der Waals surface area (Å²) in [4.78, 5) is 2.25. The Labute approximate surface area is 160 Å². The molecule has 1 heterocycles. The van der Waals surface area contributed by atoms with Crippen LogP contribution >= 0.6 is 36.4 Å². The Balaban J connectivity index is 0.00000144. The zero-order valence-corrected chi connectivity index (χ0v) is 16.0. The van der Waals surface area contributed by atoms with Gasteiger partial charge in [0.1, 0.15) is 11.6 Å². The van der Waals surface area contributed by atoms with E-state index in [1.54, 1.807) is 0 Å². The van der Waals surface area contributed by atoms with Crippen molar-refractivity contribution in [3.8, 4) is 0 Å². The molecule has 1 aromatic rings. The third-order valence-corrected chi connectivity index (χ3v) is 5.20. The van der Waals surface area contributed by atoms with Gasteiger partial charge in [0.25, 0.3) is 0 Å². The molecular formula is C17H25Cl3F2N2. The largest absolute Gasteiger partial charge is 0.314 e. The fourth-order valence-electron chi connectivity index (χ4n) is 3.96. The molecule has 1 aromatic carbocycles. The molecule has 0 bridgehead atoms. The van der Waals surface area contributed by atoms with Crippen molar-refractivity contribution in [3.63, 3.8) is 0 Å². The fourth-order valence-corrected chi connectivity index (χ4v) is 4.15. The van der Waals surface area contributed by atoms with Gasteiger partial charge in [-0.3, -0.25) is 4.90 Å². The maximum absolute atomic E-state index is 14.5. The summed E-state index contributed by atoms with van der Waals surface area (Å²) < 4.78 is 29.0. The number of nitrogens with one attached hydrogen (secondary N) is 1. The number of rotatable bonds is 3. The van der Waals surface area contributed by atoms with Crippen molar-refractivity contribution in [2.45, 2.75) is 38.1 Å². The lowest BCUT2D eigenvalue weighted by atomic mass is 9.80. The summed E-state index contributed by atoms with van der Waals surface area (Å²) in [6.45, 7) is 3.42. The minimum Gasteiger partial charge on any atom is -0.314 e. The van der Waals surface area contributed by atoms with Crippen molar-refractivity contribution in [2.75, 3.05) is 26.2 Å². The van der Waals surface area contributed by atoms with Crippen LogP contribution in [0.1, 0.15) is 43.7 Å². The maximum atomic E-state index is 14.5. The summed E-state index contributed by atoms with van der Waals surface area (Å²) in [7, 11) is 0. The molecule has 1 atom stereocenters. The lowest BCUT2D eigenvalue weighted by Gasteiger charge is -2.41. The second kappa shape index (κ2) is 10.1. The molecule has 1 aliphatic heterocycles. The van der Waals surface area contributed by atoms with Crippen molar-refractivity contribution in [2.24, 2.45) is 5.92 Å². The molecule has 0 radical (unpaired) electrons. The lowest BCUT2D eigenvalue weighted by molar-refractivity contribution is 0.0976. The Kier molecular flexibility index (Phi) is 9.24. The molecule has 2 fully saturated rings. The average Bonchev–Trinajstić information content (AvgIpc) is 2.52. The zero-order chi connectivity index (χ0) is 15.5. The Bertz CT molecular complexity index is 478. The second-order valence-corrected chi connectivity index (χ2v) is 6.85. The van der Waals surface area contributed by atoms with E-state index in [-0.39, 0.29) is 41.4 Å². The molecule has 0 aromatic heterocycles. The summed E-state index contributed by atoms with van der Waals surface area (Å²) in [5, 5.41) is 3.44. The summed E-state index contributed by atoms with van der Waals surface area (Å²) in [6, 6.07) is 2.33. The minimum absolute atomic E-state index is 0. The van der Waals surface area contributed by atoms with E-state index < -0.39 is 11.6 Å². The van der Waals surface area contributed by atoms with E-state index in [0.717, 1.165) is 51.9 Å². The van der Waals surface area contributed by atoms with E-state index >= 15 is 0 Å². The Morgan fingerprint density at radius 2 is 1.54 bits per heavy atom. The van der Waals surface area contributed by atoms with Gasteiger partial charge in [0, 0.05) is 42.8 Å². The van der Waals surface area contributed by atoms with Gasteiger partial charge in [-0.25, -0.2) is 8.78 Å². The van der Waals surface area contributed by atoms with E-state index in [1.165, 1.54) is 18.6 Å². The highest BCUT2D eigenvalue weighted by atomic mass is 35.5. The van der Waals surface area contributed by atoms with Crippen LogP contribution in [-0.2, 0) is 0 Å². The summed E-state index contributed by atoms with van der Waals surface area (Å²) in [5.74, 6) is -0.671. The predicted molar refractivity (Wildman–Crippen MR) is 99.6 cm³/mol. The molecule has 0 spiro atoms. The molecule has 2 aliphatic rings. The van der Waals surface area contributed by atoms with Crippen LogP contribution in [0, 0.1) is 17.6 Å². The van der Waals surface area contributed by atoms with Crippen molar-refractivity contribution in [1.82, 2.24) is 10.2 Å². The molecule has 1 saturated heterocycles. The van der Waals surface area contributed by atoms with Gasteiger partial charge in [-0.1, -0.05) is 30.9 Å². The normalized spacial score (nSPS) is 20.8. The zero-order valence-electron chi connectivity index (χ0n) is 13.6. The van der Waals surface area contributed by atoms with E-state index in [2.05, 4.69) is 10.2 Å². The van der Waals surface area contributed by atoms with Gasteiger partial charge in [-0.15, -0.1) is 24.8 Å². The Hall–Kier alpha value is -0.130. The molecule has 1 saturated carbocycles. The van der Waals surface area contributed by atoms with Crippen LogP contribution in [0.4, 0.5) is 8.78 Å². The number of halogens is 5. The van der Waals surface area contributed by atoms with Gasteiger partial charge in [-0.05, 0) is 30.9 Å². The third-order valence-electron chi connectivity index (χ3n) is 4.98. The van der Waals surface area contributed by atoms with E-state index in [1.807, 2.05) is 0 Å². The summed E-state index contributed by atoms with van der Waals surface area (Å²) in [6.07, 6.45) is 5.65. The molecule has 1 N–H and O–H groups in total. The van der Waals surface area contributed by atoms with Crippen molar-refractivity contribution in [3.05, 3.63) is 34.4 Å². The van der Waals surface area contributed by atoms with Crippen LogP contribution in [0.3, 0.4) is 0 Å². The number of piperazine rings is 1. The summed E-state index contributed by atoms with van der Waals surface area (Å²) in [5.41, 5.74) is 0.221. The highest BCUT2D eigenvalue weighted by Gasteiger charge is 2.34. The highest BCUT2D eigenvalue weighted by molar-refractivity contribution is 6.30. The topological polar surface area (TPSA) is 15.3 Å². The van der Waals surface area contributed by atoms with Gasteiger partial charge in [0.15, 0.2) is 0 Å². The molecule has 7 heteroatoms. The molecule has 3 rings (SSSR count). The quantitative estimate of drug-likeness (QED) is 0.767. The number of hydrogen-bond acceptors (Lipinski definition) is 2. The molecule has 24 heavy (non-hydrogen) atoms. The molecule has 0 unspecified atom stereocenters. The monoisotopic (exact) mass is 400 g/mol. The van der Waals surface area contributed by atoms with Gasteiger partial charge in [0.2, 0.25) is 0 Å². The van der Waals surface area contributed by atoms with Gasteiger partial charge >= 0.3 is 0 Å². The maximum Gasteiger partial charge on any atom is 0.132 e. The van der Waals surface area contributed by atoms with Gasteiger partial charge < -0.3 is 5.32 Å². The molecule has 0 amide bonds. The first-order valence-electron chi connectivity index (χ1n) is 8.26. The lowest BCUT2D eigenvalue weighted by Crippen LogP contribution is -2.47. The van der Waals surface area contributed by atoms with Gasteiger partial charge in [-0.2, -0.15) is 0 Å². The van der Waals surface area contributed by atoms with Crippen LogP contribution in [0.25, 0.3) is 0 Å². The Morgan fingerprint density at radius 1 is 1.00 bits per heavy atom. The number of nitrogens with zero attached hydrogens (tertiary/aromatic N) is 1. The average molecular weight is 402 g/mol. The van der Waals surface area contributed by atoms with Crippen LogP contribution in [0.5, 0.6) is 0 Å². The Morgan fingerprint density at radius 3 is 2.08 bits per heavy atom. The second-order valence-electron chi connectivity index (χ2n) is 6.41. The smallest absolute Gasteiger partial charge is 0.132 e. The number of hydrogen-bond donors (Lipinski definition) is 1. The van der Waals surface area contributed by atoms with Crippen molar-refractivity contribution in [1.29, 1.82) is 0 Å². The predicted octanol–water partition coefficient (Wildman–Crippen LogP) is 4.99. The van der Waals surface area contributed by atoms with Crippen LogP contribution in [0.15, 0.2) is 12.1 Å². The highest BCUT2D eigenvalue weighted by Crippen LogP contribution is 2.41. The van der Waals surface area contributed by atoms with Crippen LogP contribution in [0.2, 0.25) is 5.02 Å². The van der Waals surface area contributed by atoms with Gasteiger partial charge in [0.05, 0.1) is 0 Å². The van der Waals surface area contributed by atoms with Crippen molar-refractivity contribution >= 4 is 36.4 Å². The minimum atomic E-state index is -0.501. The van der Waals surface area contributed by atoms with E-state index in [4.69, 9.17) is 11.6 Å².